The molecule has 0 saturated heterocycles. The van der Waals surface area contributed by atoms with Gasteiger partial charge in [0.2, 0.25) is 5.91 Å². The van der Waals surface area contributed by atoms with E-state index in [0.29, 0.717) is 30.5 Å². The number of aryl methyl sites for hydroxylation is 1. The molecule has 0 fully saturated rings. The summed E-state index contributed by atoms with van der Waals surface area (Å²) in [6.45, 7) is 1.91. The van der Waals surface area contributed by atoms with Gasteiger partial charge in [0.25, 0.3) is 5.91 Å². The molecule has 0 bridgehead atoms. The van der Waals surface area contributed by atoms with Gasteiger partial charge in [-0.25, -0.2) is 9.18 Å². The topological polar surface area (TPSA) is 95.5 Å². The number of nitrogens with one attached hydrogen (secondary N) is 2. The SMILES string of the molecule is CCCC[C@H](NC(=O)c1cc2c(cc1F)NC(=O)CC2)C(=O)O. The molecule has 2 rings (SSSR count). The predicted octanol–water partition coefficient (Wildman–Crippen LogP) is 2.08. The second-order valence-electron chi connectivity index (χ2n) is 5.54. The molecule has 7 heteroatoms. The van der Waals surface area contributed by atoms with Crippen LogP contribution in [0.3, 0.4) is 0 Å². The molecule has 1 heterocycles. The summed E-state index contributed by atoms with van der Waals surface area (Å²) in [6.07, 6.45) is 2.43. The second-order valence-corrected chi connectivity index (χ2v) is 5.54. The Morgan fingerprint density at radius 3 is 2.78 bits per heavy atom. The minimum Gasteiger partial charge on any atom is -0.480 e. The fourth-order valence-electron chi connectivity index (χ4n) is 2.48. The molecule has 3 N–H and O–H groups in total. The maximum atomic E-state index is 14.1. The Bertz CT molecular complexity index is 645. The molecule has 124 valence electrons. The fraction of sp³-hybridized carbons (Fsp3) is 0.438. The highest BCUT2D eigenvalue weighted by molar-refractivity contribution is 5.99. The lowest BCUT2D eigenvalue weighted by Crippen LogP contribution is -2.41. The van der Waals surface area contributed by atoms with E-state index in [2.05, 4.69) is 10.6 Å². The molecule has 0 unspecified atom stereocenters. The predicted molar refractivity (Wildman–Crippen MR) is 81.8 cm³/mol. The van der Waals surface area contributed by atoms with Crippen LogP contribution in [0.5, 0.6) is 0 Å². The van der Waals surface area contributed by atoms with Gasteiger partial charge in [0.1, 0.15) is 11.9 Å². The average molecular weight is 322 g/mol. The first-order valence-electron chi connectivity index (χ1n) is 7.58. The maximum Gasteiger partial charge on any atom is 0.326 e. The molecular weight excluding hydrogens is 303 g/mol. The number of fused-ring (bicyclic) bond motifs is 1. The molecule has 0 spiro atoms. The Morgan fingerprint density at radius 2 is 2.13 bits per heavy atom. The Balaban J connectivity index is 2.18. The smallest absolute Gasteiger partial charge is 0.326 e. The highest BCUT2D eigenvalue weighted by atomic mass is 19.1. The molecule has 1 aromatic carbocycles. The van der Waals surface area contributed by atoms with E-state index in [-0.39, 0.29) is 17.9 Å². The summed E-state index contributed by atoms with van der Waals surface area (Å²) in [5.41, 5.74) is 0.815. The summed E-state index contributed by atoms with van der Waals surface area (Å²) in [4.78, 5) is 34.7. The number of unbranched alkanes of at least 4 members (excludes halogenated alkanes) is 1. The molecule has 1 aliphatic rings. The summed E-state index contributed by atoms with van der Waals surface area (Å²) in [5, 5.41) is 14.0. The van der Waals surface area contributed by atoms with Crippen LogP contribution in [0.1, 0.15) is 48.5 Å². The standard InChI is InChI=1S/C16H19FN2O4/c1-2-3-4-12(16(22)23)19-15(21)10-7-9-5-6-14(20)18-13(9)8-11(10)17/h7-8,12H,2-6H2,1H3,(H,18,20)(H,19,21)(H,22,23)/t12-/m0/s1. The number of benzene rings is 1. The molecule has 0 aromatic heterocycles. The summed E-state index contributed by atoms with van der Waals surface area (Å²) < 4.78 is 14.1. The van der Waals surface area contributed by atoms with E-state index in [1.165, 1.54) is 6.07 Å². The molecule has 1 aromatic rings. The summed E-state index contributed by atoms with van der Waals surface area (Å²) >= 11 is 0. The Hall–Kier alpha value is -2.44. The lowest BCUT2D eigenvalue weighted by molar-refractivity contribution is -0.139. The van der Waals surface area contributed by atoms with Gasteiger partial charge in [-0.3, -0.25) is 9.59 Å². The van der Waals surface area contributed by atoms with E-state index in [1.54, 1.807) is 0 Å². The summed E-state index contributed by atoms with van der Waals surface area (Å²) in [7, 11) is 0. The number of rotatable bonds is 6. The van der Waals surface area contributed by atoms with Crippen LogP contribution >= 0.6 is 0 Å². The zero-order valence-electron chi connectivity index (χ0n) is 12.8. The monoisotopic (exact) mass is 322 g/mol. The fourth-order valence-corrected chi connectivity index (χ4v) is 2.48. The maximum absolute atomic E-state index is 14.1. The highest BCUT2D eigenvalue weighted by Gasteiger charge is 2.24. The molecule has 0 radical (unpaired) electrons. The van der Waals surface area contributed by atoms with Crippen LogP contribution in [0.25, 0.3) is 0 Å². The van der Waals surface area contributed by atoms with Crippen molar-refractivity contribution in [2.45, 2.75) is 45.1 Å². The van der Waals surface area contributed by atoms with Crippen molar-refractivity contribution in [3.63, 3.8) is 0 Å². The summed E-state index contributed by atoms with van der Waals surface area (Å²) in [5.74, 6) is -2.88. The molecule has 2 amide bonds. The van der Waals surface area contributed by atoms with Gasteiger partial charge in [-0.1, -0.05) is 19.8 Å². The molecule has 6 nitrogen and oxygen atoms in total. The van der Waals surface area contributed by atoms with Crippen molar-refractivity contribution in [2.24, 2.45) is 0 Å². The van der Waals surface area contributed by atoms with Crippen molar-refractivity contribution in [1.29, 1.82) is 0 Å². The quantitative estimate of drug-likeness (QED) is 0.747. The first-order valence-corrected chi connectivity index (χ1v) is 7.58. The molecule has 0 saturated carbocycles. The number of amides is 2. The van der Waals surface area contributed by atoms with E-state index >= 15 is 0 Å². The van der Waals surface area contributed by atoms with E-state index < -0.39 is 23.7 Å². The van der Waals surface area contributed by atoms with Crippen molar-refractivity contribution < 1.29 is 23.9 Å². The largest absolute Gasteiger partial charge is 0.480 e. The van der Waals surface area contributed by atoms with Crippen LogP contribution in [-0.4, -0.2) is 28.9 Å². The zero-order valence-corrected chi connectivity index (χ0v) is 12.8. The molecule has 1 aliphatic heterocycles. The third-order valence-electron chi connectivity index (χ3n) is 3.78. The van der Waals surface area contributed by atoms with Gasteiger partial charge in [-0.05, 0) is 30.5 Å². The van der Waals surface area contributed by atoms with Crippen molar-refractivity contribution in [3.05, 3.63) is 29.1 Å². The van der Waals surface area contributed by atoms with Gasteiger partial charge < -0.3 is 15.7 Å². The lowest BCUT2D eigenvalue weighted by Gasteiger charge is -2.19. The van der Waals surface area contributed by atoms with Gasteiger partial charge in [-0.2, -0.15) is 0 Å². The Kier molecular flexibility index (Phi) is 5.31. The van der Waals surface area contributed by atoms with Crippen molar-refractivity contribution >= 4 is 23.5 Å². The van der Waals surface area contributed by atoms with Crippen LogP contribution in [0.15, 0.2) is 12.1 Å². The second kappa shape index (κ2) is 7.21. The minimum atomic E-state index is -1.14. The van der Waals surface area contributed by atoms with Crippen LogP contribution in [0, 0.1) is 5.82 Å². The first kappa shape index (κ1) is 16.9. The van der Waals surface area contributed by atoms with Crippen molar-refractivity contribution in [1.82, 2.24) is 5.32 Å². The Labute approximate surface area is 133 Å². The third kappa shape index (κ3) is 4.06. The number of hydrogen-bond donors (Lipinski definition) is 3. The highest BCUT2D eigenvalue weighted by Crippen LogP contribution is 2.26. The van der Waals surface area contributed by atoms with E-state index in [1.807, 2.05) is 6.92 Å². The number of halogens is 1. The van der Waals surface area contributed by atoms with Crippen LogP contribution in [-0.2, 0) is 16.0 Å². The van der Waals surface area contributed by atoms with Crippen molar-refractivity contribution in [3.8, 4) is 0 Å². The molecule has 1 atom stereocenters. The number of carboxylic acids is 1. The number of carboxylic acid groups (broad SMARTS) is 1. The van der Waals surface area contributed by atoms with E-state index in [4.69, 9.17) is 5.11 Å². The Morgan fingerprint density at radius 1 is 1.39 bits per heavy atom. The molecule has 23 heavy (non-hydrogen) atoms. The number of aliphatic carboxylic acids is 1. The number of carbonyl (C=O) groups excluding carboxylic acids is 2. The first-order chi connectivity index (χ1) is 10.9. The van der Waals surface area contributed by atoms with Crippen LogP contribution < -0.4 is 10.6 Å². The van der Waals surface area contributed by atoms with Crippen LogP contribution in [0.2, 0.25) is 0 Å². The zero-order chi connectivity index (χ0) is 17.0. The van der Waals surface area contributed by atoms with Crippen molar-refractivity contribution in [2.75, 3.05) is 5.32 Å². The number of carbonyl (C=O) groups is 3. The van der Waals surface area contributed by atoms with E-state index in [0.717, 1.165) is 12.5 Å². The summed E-state index contributed by atoms with van der Waals surface area (Å²) in [6, 6.07) is 1.43. The van der Waals surface area contributed by atoms with Crippen LogP contribution in [0.4, 0.5) is 10.1 Å². The van der Waals surface area contributed by atoms with Gasteiger partial charge in [0.15, 0.2) is 0 Å². The van der Waals surface area contributed by atoms with Gasteiger partial charge in [-0.15, -0.1) is 0 Å². The lowest BCUT2D eigenvalue weighted by atomic mass is 9.99. The number of hydrogen-bond acceptors (Lipinski definition) is 3. The van der Waals surface area contributed by atoms with Gasteiger partial charge in [0.05, 0.1) is 5.56 Å². The molecular formula is C16H19FN2O4. The normalized spacial score (nSPS) is 14.6. The third-order valence-corrected chi connectivity index (χ3v) is 3.78. The minimum absolute atomic E-state index is 0.195. The average Bonchev–Trinajstić information content (AvgIpc) is 2.50. The van der Waals surface area contributed by atoms with Gasteiger partial charge >= 0.3 is 5.97 Å². The molecule has 0 aliphatic carbocycles. The van der Waals surface area contributed by atoms with Gasteiger partial charge in [0, 0.05) is 12.1 Å². The number of anilines is 1. The van der Waals surface area contributed by atoms with E-state index in [9.17, 15) is 18.8 Å².